The molecule has 7 nitrogen and oxygen atoms in total. The highest BCUT2D eigenvalue weighted by molar-refractivity contribution is 5.80. The molecule has 0 radical (unpaired) electrons. The van der Waals surface area contributed by atoms with Crippen molar-refractivity contribution in [2.45, 2.75) is 45.5 Å². The second-order valence-electron chi connectivity index (χ2n) is 6.42. The molecule has 0 aromatic carbocycles. The first-order valence-corrected chi connectivity index (χ1v) is 9.27. The first-order valence-electron chi connectivity index (χ1n) is 9.27. The monoisotopic (exact) mass is 401 g/mol. The van der Waals surface area contributed by atoms with Crippen LogP contribution in [0.3, 0.4) is 0 Å². The Labute approximate surface area is 162 Å². The van der Waals surface area contributed by atoms with Crippen LogP contribution in [0, 0.1) is 0 Å². The van der Waals surface area contributed by atoms with Gasteiger partial charge in [0.2, 0.25) is 11.8 Å². The SMILES string of the molecule is CCNC(=NCc1ccnc(OCC(F)(F)F)c1)NC1CCN(C(=O)CC)C1. The molecule has 2 rings (SSSR count). The van der Waals surface area contributed by atoms with Gasteiger partial charge in [-0.2, -0.15) is 13.2 Å². The van der Waals surface area contributed by atoms with Crippen molar-refractivity contribution in [3.8, 4) is 5.88 Å². The van der Waals surface area contributed by atoms with Crippen LogP contribution in [-0.4, -0.2) is 60.2 Å². The van der Waals surface area contributed by atoms with Crippen LogP contribution >= 0.6 is 0 Å². The highest BCUT2D eigenvalue weighted by Gasteiger charge is 2.28. The van der Waals surface area contributed by atoms with Crippen LogP contribution in [0.25, 0.3) is 0 Å². The summed E-state index contributed by atoms with van der Waals surface area (Å²) in [6.07, 6.45) is -1.70. The number of pyridine rings is 1. The van der Waals surface area contributed by atoms with E-state index in [2.05, 4.69) is 25.3 Å². The van der Waals surface area contributed by atoms with Crippen LogP contribution in [0.15, 0.2) is 23.3 Å². The lowest BCUT2D eigenvalue weighted by molar-refractivity contribution is -0.154. The van der Waals surface area contributed by atoms with Gasteiger partial charge in [0, 0.05) is 44.4 Å². The van der Waals surface area contributed by atoms with Gasteiger partial charge in [0.1, 0.15) is 0 Å². The minimum absolute atomic E-state index is 0.0903. The van der Waals surface area contributed by atoms with Crippen molar-refractivity contribution in [2.75, 3.05) is 26.2 Å². The standard InChI is InChI=1S/C18H26F3N5O2/c1-3-16(27)26-8-6-14(11-26)25-17(22-4-2)24-10-13-5-7-23-15(9-13)28-12-18(19,20)21/h5,7,9,14H,3-4,6,8,10-12H2,1-2H3,(H2,22,24,25). The number of likely N-dealkylation sites (tertiary alicyclic amines) is 1. The number of ether oxygens (including phenoxy) is 1. The molecule has 0 bridgehead atoms. The van der Waals surface area contributed by atoms with Crippen molar-refractivity contribution < 1.29 is 22.7 Å². The van der Waals surface area contributed by atoms with Crippen LogP contribution in [0.2, 0.25) is 0 Å². The Balaban J connectivity index is 1.94. The summed E-state index contributed by atoms with van der Waals surface area (Å²) < 4.78 is 41.4. The van der Waals surface area contributed by atoms with E-state index in [0.717, 1.165) is 6.42 Å². The van der Waals surface area contributed by atoms with Gasteiger partial charge in [-0.1, -0.05) is 6.92 Å². The van der Waals surface area contributed by atoms with Gasteiger partial charge in [-0.15, -0.1) is 0 Å². The highest BCUT2D eigenvalue weighted by atomic mass is 19.4. The maximum absolute atomic E-state index is 12.3. The van der Waals surface area contributed by atoms with E-state index in [1.807, 2.05) is 18.7 Å². The zero-order valence-corrected chi connectivity index (χ0v) is 16.1. The summed E-state index contributed by atoms with van der Waals surface area (Å²) in [4.78, 5) is 21.9. The van der Waals surface area contributed by atoms with Gasteiger partial charge in [-0.05, 0) is 25.0 Å². The Hall–Kier alpha value is -2.52. The molecule has 2 heterocycles. The molecular formula is C18H26F3N5O2. The average Bonchev–Trinajstić information content (AvgIpc) is 3.12. The number of aliphatic imine (C=N–C) groups is 1. The number of nitrogens with zero attached hydrogens (tertiary/aromatic N) is 3. The van der Waals surface area contributed by atoms with Crippen LogP contribution in [0.5, 0.6) is 5.88 Å². The molecule has 1 saturated heterocycles. The number of rotatable bonds is 7. The van der Waals surface area contributed by atoms with E-state index in [-0.39, 0.29) is 24.4 Å². The van der Waals surface area contributed by atoms with Crippen molar-refractivity contribution in [3.63, 3.8) is 0 Å². The molecule has 1 unspecified atom stereocenters. The molecule has 0 saturated carbocycles. The number of nitrogens with one attached hydrogen (secondary N) is 2. The number of hydrogen-bond donors (Lipinski definition) is 2. The summed E-state index contributed by atoms with van der Waals surface area (Å²) in [6.45, 7) is 4.66. The predicted octanol–water partition coefficient (Wildman–Crippen LogP) is 2.09. The fourth-order valence-electron chi connectivity index (χ4n) is 2.80. The molecule has 1 fully saturated rings. The predicted molar refractivity (Wildman–Crippen MR) is 99.0 cm³/mol. The number of halogens is 3. The maximum atomic E-state index is 12.3. The van der Waals surface area contributed by atoms with Gasteiger partial charge in [0.25, 0.3) is 0 Å². The van der Waals surface area contributed by atoms with Gasteiger partial charge in [-0.3, -0.25) is 4.79 Å². The van der Waals surface area contributed by atoms with Crippen LogP contribution in [0.1, 0.15) is 32.3 Å². The number of carbonyl (C=O) groups excluding carboxylic acids is 1. The average molecular weight is 401 g/mol. The van der Waals surface area contributed by atoms with Crippen LogP contribution < -0.4 is 15.4 Å². The highest BCUT2D eigenvalue weighted by Crippen LogP contribution is 2.18. The largest absolute Gasteiger partial charge is 0.468 e. The summed E-state index contributed by atoms with van der Waals surface area (Å²) >= 11 is 0. The fourth-order valence-corrected chi connectivity index (χ4v) is 2.80. The number of carbonyl (C=O) groups is 1. The second-order valence-corrected chi connectivity index (χ2v) is 6.42. The van der Waals surface area contributed by atoms with Gasteiger partial charge >= 0.3 is 6.18 Å². The maximum Gasteiger partial charge on any atom is 0.422 e. The fraction of sp³-hybridized carbons (Fsp3) is 0.611. The van der Waals surface area contributed by atoms with Crippen molar-refractivity contribution in [3.05, 3.63) is 23.9 Å². The zero-order chi connectivity index (χ0) is 20.6. The third-order valence-electron chi connectivity index (χ3n) is 4.13. The molecule has 1 aromatic rings. The van der Waals surface area contributed by atoms with E-state index in [4.69, 9.17) is 0 Å². The van der Waals surface area contributed by atoms with Gasteiger partial charge in [-0.25, -0.2) is 9.98 Å². The number of amides is 1. The van der Waals surface area contributed by atoms with E-state index in [1.54, 1.807) is 6.07 Å². The van der Waals surface area contributed by atoms with Crippen LogP contribution in [-0.2, 0) is 11.3 Å². The third-order valence-corrected chi connectivity index (χ3v) is 4.13. The first kappa shape index (κ1) is 21.8. The Morgan fingerprint density at radius 3 is 2.89 bits per heavy atom. The van der Waals surface area contributed by atoms with E-state index < -0.39 is 12.8 Å². The lowest BCUT2D eigenvalue weighted by Crippen LogP contribution is -2.45. The van der Waals surface area contributed by atoms with Crippen LogP contribution in [0.4, 0.5) is 13.2 Å². The molecule has 1 aliphatic rings. The summed E-state index contributed by atoms with van der Waals surface area (Å²) in [5.74, 6) is 0.634. The van der Waals surface area contributed by atoms with Crippen molar-refractivity contribution in [1.82, 2.24) is 20.5 Å². The lowest BCUT2D eigenvalue weighted by Gasteiger charge is -2.18. The third kappa shape index (κ3) is 7.24. The molecule has 1 atom stereocenters. The normalized spacial score (nSPS) is 17.5. The lowest BCUT2D eigenvalue weighted by atomic mass is 10.2. The summed E-state index contributed by atoms with van der Waals surface area (Å²) in [7, 11) is 0. The molecule has 0 aliphatic carbocycles. The van der Waals surface area contributed by atoms with Crippen molar-refractivity contribution in [2.24, 2.45) is 4.99 Å². The molecule has 10 heteroatoms. The smallest absolute Gasteiger partial charge is 0.422 e. The van der Waals surface area contributed by atoms with E-state index in [1.165, 1.54) is 12.3 Å². The number of alkyl halides is 3. The number of guanidine groups is 1. The summed E-state index contributed by atoms with van der Waals surface area (Å²) in [6, 6.07) is 3.22. The molecule has 156 valence electrons. The molecule has 1 amide bonds. The molecule has 1 aromatic heterocycles. The van der Waals surface area contributed by atoms with Gasteiger partial charge in [0.15, 0.2) is 12.6 Å². The Morgan fingerprint density at radius 1 is 1.43 bits per heavy atom. The minimum Gasteiger partial charge on any atom is -0.468 e. The quantitative estimate of drug-likeness (QED) is 0.540. The molecule has 28 heavy (non-hydrogen) atoms. The Kier molecular flexibility index (Phi) is 7.89. The second kappa shape index (κ2) is 10.1. The summed E-state index contributed by atoms with van der Waals surface area (Å²) in [5, 5.41) is 6.44. The topological polar surface area (TPSA) is 78.9 Å². The zero-order valence-electron chi connectivity index (χ0n) is 16.1. The molecule has 0 spiro atoms. The molecule has 2 N–H and O–H groups in total. The Morgan fingerprint density at radius 2 is 2.21 bits per heavy atom. The van der Waals surface area contributed by atoms with E-state index in [0.29, 0.717) is 37.6 Å². The Bertz CT molecular complexity index is 681. The van der Waals surface area contributed by atoms with Gasteiger partial charge < -0.3 is 20.3 Å². The van der Waals surface area contributed by atoms with Gasteiger partial charge in [0.05, 0.1) is 6.54 Å². The number of aromatic nitrogens is 1. The van der Waals surface area contributed by atoms with E-state index in [9.17, 15) is 18.0 Å². The van der Waals surface area contributed by atoms with E-state index >= 15 is 0 Å². The number of hydrogen-bond acceptors (Lipinski definition) is 4. The first-order chi connectivity index (χ1) is 13.3. The molecule has 1 aliphatic heterocycles. The molecular weight excluding hydrogens is 375 g/mol. The minimum atomic E-state index is -4.41. The van der Waals surface area contributed by atoms with Crippen molar-refractivity contribution >= 4 is 11.9 Å². The van der Waals surface area contributed by atoms with Crippen molar-refractivity contribution in [1.29, 1.82) is 0 Å². The summed E-state index contributed by atoms with van der Waals surface area (Å²) in [5.41, 5.74) is 0.679.